The van der Waals surface area contributed by atoms with E-state index in [1.165, 1.54) is 11.0 Å². The van der Waals surface area contributed by atoms with Crippen molar-refractivity contribution in [1.82, 2.24) is 10.2 Å². The van der Waals surface area contributed by atoms with Crippen LogP contribution in [0.3, 0.4) is 0 Å². The number of carbonyl (C=O) groups excluding carboxylic acids is 4. The summed E-state index contributed by atoms with van der Waals surface area (Å²) in [7, 11) is 0. The van der Waals surface area contributed by atoms with Gasteiger partial charge in [-0.05, 0) is 72.1 Å². The lowest BCUT2D eigenvalue weighted by Crippen LogP contribution is -2.59. The molecular formula is C30H42N4O6. The van der Waals surface area contributed by atoms with Crippen molar-refractivity contribution in [1.29, 1.82) is 0 Å². The van der Waals surface area contributed by atoms with Crippen LogP contribution in [0.2, 0.25) is 0 Å². The maximum atomic E-state index is 14.3. The molecule has 5 N–H and O–H groups in total. The molecule has 0 bridgehead atoms. The molecule has 0 spiro atoms. The fraction of sp³-hybridized carbons (Fsp3) is 0.467. The van der Waals surface area contributed by atoms with Crippen molar-refractivity contribution in [3.05, 3.63) is 59.2 Å². The van der Waals surface area contributed by atoms with E-state index in [2.05, 4.69) is 10.6 Å². The van der Waals surface area contributed by atoms with Gasteiger partial charge in [0.1, 0.15) is 23.4 Å². The van der Waals surface area contributed by atoms with E-state index in [0.29, 0.717) is 12.1 Å². The second-order valence-electron chi connectivity index (χ2n) is 11.5. The van der Waals surface area contributed by atoms with Crippen LogP contribution in [0, 0.1) is 13.8 Å². The third-order valence-corrected chi connectivity index (χ3v) is 6.62. The molecule has 10 heteroatoms. The topological polar surface area (TPSA) is 151 Å². The number of hydrogen-bond donors (Lipinski definition) is 4. The number of amides is 4. The van der Waals surface area contributed by atoms with Crippen molar-refractivity contribution in [2.75, 3.05) is 5.32 Å². The fourth-order valence-electron chi connectivity index (χ4n) is 4.28. The summed E-state index contributed by atoms with van der Waals surface area (Å²) < 4.78 is 5.32. The molecule has 2 rings (SSSR count). The molecule has 40 heavy (non-hydrogen) atoms. The molecule has 0 radical (unpaired) electrons. The van der Waals surface area contributed by atoms with Gasteiger partial charge in [0.05, 0.1) is 6.42 Å². The quantitative estimate of drug-likeness (QED) is 0.340. The number of hydrogen-bond acceptors (Lipinski definition) is 6. The second-order valence-corrected chi connectivity index (χ2v) is 11.5. The monoisotopic (exact) mass is 554 g/mol. The normalized spacial score (nSPS) is 13.1. The van der Waals surface area contributed by atoms with Crippen LogP contribution in [-0.4, -0.2) is 51.0 Å². The molecule has 0 fully saturated rings. The van der Waals surface area contributed by atoms with Crippen LogP contribution in [0.25, 0.3) is 0 Å². The van der Waals surface area contributed by atoms with E-state index >= 15 is 0 Å². The van der Waals surface area contributed by atoms with E-state index in [9.17, 15) is 24.3 Å². The predicted octanol–water partition coefficient (Wildman–Crippen LogP) is 4.47. The Morgan fingerprint density at radius 2 is 1.55 bits per heavy atom. The molecule has 0 saturated heterocycles. The Hall–Kier alpha value is -4.08. The average Bonchev–Trinajstić information content (AvgIpc) is 2.83. The summed E-state index contributed by atoms with van der Waals surface area (Å²) in [6.07, 6.45) is -1.05. The lowest BCUT2D eigenvalue weighted by Gasteiger charge is -2.44. The first-order valence-corrected chi connectivity index (χ1v) is 13.2. The number of anilines is 1. The molecule has 2 atom stereocenters. The van der Waals surface area contributed by atoms with E-state index in [1.807, 2.05) is 39.0 Å². The Balaban J connectivity index is 2.70. The number of nitrogens with two attached hydrogens (primary N) is 1. The highest BCUT2D eigenvalue weighted by Crippen LogP contribution is 2.37. The summed E-state index contributed by atoms with van der Waals surface area (Å²) in [6, 6.07) is 9.04. The molecule has 4 amide bonds. The number of aromatic hydroxyl groups is 1. The average molecular weight is 555 g/mol. The number of phenolic OH excluding ortho intramolecular Hbond substituents is 1. The van der Waals surface area contributed by atoms with E-state index in [4.69, 9.17) is 10.5 Å². The Labute approximate surface area is 236 Å². The molecular weight excluding hydrogens is 512 g/mol. The standard InChI is InChI=1S/C30H42N4O6/c1-9-30(7,8)34(27(38)21(17-23(31)36)32-28(39)40-29(4,5)6)25(20-15-10-11-16-22(20)35)26(37)33-24-18(2)13-12-14-19(24)3/h10-16,21,25,35H,9,17H2,1-8H3,(H2,31,36)(H,32,39)(H,33,37). The number of primary amides is 1. The summed E-state index contributed by atoms with van der Waals surface area (Å²) in [5.74, 6) is -2.34. The van der Waals surface area contributed by atoms with E-state index in [1.54, 1.807) is 52.8 Å². The largest absolute Gasteiger partial charge is 0.508 e. The molecule has 10 nitrogen and oxygen atoms in total. The molecule has 0 aliphatic rings. The van der Waals surface area contributed by atoms with Gasteiger partial charge in [-0.15, -0.1) is 0 Å². The van der Waals surface area contributed by atoms with Crippen LogP contribution < -0.4 is 16.4 Å². The first-order valence-electron chi connectivity index (χ1n) is 13.2. The summed E-state index contributed by atoms with van der Waals surface area (Å²) in [5, 5.41) is 16.3. The van der Waals surface area contributed by atoms with Gasteiger partial charge < -0.3 is 31.1 Å². The zero-order chi connectivity index (χ0) is 30.4. The Bertz CT molecular complexity index is 1230. The number of para-hydroxylation sites is 2. The van der Waals surface area contributed by atoms with E-state index < -0.39 is 53.5 Å². The molecule has 0 aliphatic carbocycles. The van der Waals surface area contributed by atoms with Crippen molar-refractivity contribution < 1.29 is 29.0 Å². The van der Waals surface area contributed by atoms with E-state index in [-0.39, 0.29) is 11.3 Å². The zero-order valence-electron chi connectivity index (χ0n) is 24.6. The van der Waals surface area contributed by atoms with Crippen LogP contribution in [0.15, 0.2) is 42.5 Å². The number of nitrogens with zero attached hydrogens (tertiary/aromatic N) is 1. The van der Waals surface area contributed by atoms with Gasteiger partial charge in [0, 0.05) is 16.8 Å². The highest BCUT2D eigenvalue weighted by Gasteiger charge is 2.44. The van der Waals surface area contributed by atoms with Crippen LogP contribution in [0.4, 0.5) is 10.5 Å². The minimum Gasteiger partial charge on any atom is -0.508 e. The van der Waals surface area contributed by atoms with Gasteiger partial charge in [0.25, 0.3) is 5.91 Å². The van der Waals surface area contributed by atoms with Crippen LogP contribution in [0.5, 0.6) is 5.75 Å². The smallest absolute Gasteiger partial charge is 0.408 e. The van der Waals surface area contributed by atoms with Gasteiger partial charge in [-0.2, -0.15) is 0 Å². The number of phenols is 1. The predicted molar refractivity (Wildman–Crippen MR) is 154 cm³/mol. The first kappa shape index (κ1) is 32.1. The lowest BCUT2D eigenvalue weighted by molar-refractivity contribution is -0.148. The maximum Gasteiger partial charge on any atom is 0.408 e. The molecule has 0 saturated carbocycles. The molecule has 2 aromatic rings. The van der Waals surface area contributed by atoms with E-state index in [0.717, 1.165) is 11.1 Å². The number of alkyl carbamates (subject to hydrolysis) is 1. The van der Waals surface area contributed by atoms with Crippen molar-refractivity contribution in [2.24, 2.45) is 5.73 Å². The van der Waals surface area contributed by atoms with Gasteiger partial charge in [0.2, 0.25) is 11.8 Å². The van der Waals surface area contributed by atoms with Gasteiger partial charge >= 0.3 is 6.09 Å². The molecule has 2 unspecified atom stereocenters. The number of rotatable bonds is 10. The minimum atomic E-state index is -1.43. The number of aryl methyl sites for hydroxylation is 2. The SMILES string of the molecule is CCC(C)(C)N(C(=O)C(CC(N)=O)NC(=O)OC(C)(C)C)C(C(=O)Nc1c(C)cccc1C)c1ccccc1O. The van der Waals surface area contributed by atoms with Gasteiger partial charge in [0.15, 0.2) is 0 Å². The third-order valence-electron chi connectivity index (χ3n) is 6.62. The number of ether oxygens (including phenoxy) is 1. The number of benzene rings is 2. The van der Waals surface area contributed by atoms with Crippen molar-refractivity contribution >= 4 is 29.5 Å². The van der Waals surface area contributed by atoms with Crippen LogP contribution >= 0.6 is 0 Å². The molecule has 0 aliphatic heterocycles. The Morgan fingerprint density at radius 3 is 2.05 bits per heavy atom. The molecule has 2 aromatic carbocycles. The van der Waals surface area contributed by atoms with Gasteiger partial charge in [-0.25, -0.2) is 4.79 Å². The minimum absolute atomic E-state index is 0.177. The highest BCUT2D eigenvalue weighted by molar-refractivity contribution is 6.01. The summed E-state index contributed by atoms with van der Waals surface area (Å²) in [5.41, 5.74) is 6.00. The summed E-state index contributed by atoms with van der Waals surface area (Å²) in [6.45, 7) is 14.1. The lowest BCUT2D eigenvalue weighted by atomic mass is 9.91. The number of nitrogens with one attached hydrogen (secondary N) is 2. The van der Waals surface area contributed by atoms with Crippen LogP contribution in [0.1, 0.15) is 77.1 Å². The van der Waals surface area contributed by atoms with Gasteiger partial charge in [-0.3, -0.25) is 14.4 Å². The Kier molecular flexibility index (Phi) is 10.3. The Morgan fingerprint density at radius 1 is 0.975 bits per heavy atom. The first-order chi connectivity index (χ1) is 18.5. The third kappa shape index (κ3) is 8.21. The highest BCUT2D eigenvalue weighted by atomic mass is 16.6. The summed E-state index contributed by atoms with van der Waals surface area (Å²) in [4.78, 5) is 54.4. The van der Waals surface area contributed by atoms with Crippen molar-refractivity contribution in [2.45, 2.75) is 91.5 Å². The van der Waals surface area contributed by atoms with Crippen molar-refractivity contribution in [3.8, 4) is 5.75 Å². The van der Waals surface area contributed by atoms with Gasteiger partial charge in [-0.1, -0.05) is 43.3 Å². The second kappa shape index (κ2) is 12.8. The van der Waals surface area contributed by atoms with Crippen molar-refractivity contribution in [3.63, 3.8) is 0 Å². The van der Waals surface area contributed by atoms with Crippen LogP contribution in [-0.2, 0) is 19.1 Å². The summed E-state index contributed by atoms with van der Waals surface area (Å²) >= 11 is 0. The molecule has 0 aromatic heterocycles. The fourth-order valence-corrected chi connectivity index (χ4v) is 4.28. The maximum absolute atomic E-state index is 14.3. The molecule has 218 valence electrons. The molecule has 0 heterocycles. The zero-order valence-corrected chi connectivity index (χ0v) is 24.6. The number of carbonyl (C=O) groups is 4.